The van der Waals surface area contributed by atoms with Crippen LogP contribution in [0.2, 0.25) is 0 Å². The van der Waals surface area contributed by atoms with Crippen LogP contribution in [0.1, 0.15) is 41.5 Å². The van der Waals surface area contributed by atoms with Gasteiger partial charge in [0, 0.05) is 0 Å². The van der Waals surface area contributed by atoms with Crippen LogP contribution >= 0.6 is 0 Å². The van der Waals surface area contributed by atoms with Gasteiger partial charge in [0.05, 0.1) is 0 Å². The van der Waals surface area contributed by atoms with Gasteiger partial charge >= 0.3 is 0 Å². The molecule has 1 N–H and O–H groups in total. The molecule has 1 unspecified atom stereocenters. The van der Waals surface area contributed by atoms with E-state index in [0.29, 0.717) is 0 Å². The Labute approximate surface area is 67.2 Å². The normalized spacial score (nSPS) is 11.1. The molecule has 0 saturated heterocycles. The summed E-state index contributed by atoms with van der Waals surface area (Å²) < 4.78 is 0. The Bertz CT molecular complexity index is 44.0. The second-order valence-corrected chi connectivity index (χ2v) is 2.41. The first-order valence-electron chi connectivity index (χ1n) is 3.45. The monoisotopic (exact) mass is 147 g/mol. The van der Waals surface area contributed by atoms with E-state index in [1.807, 2.05) is 7.05 Å². The van der Waals surface area contributed by atoms with Crippen molar-refractivity contribution in [3.63, 3.8) is 0 Å². The lowest BCUT2D eigenvalue weighted by molar-refractivity contribution is 0.503. The van der Waals surface area contributed by atoms with E-state index in [2.05, 4.69) is 19.2 Å². The maximum absolute atomic E-state index is 3.13. The number of hydrogen-bond donors (Lipinski definition) is 1. The fraction of sp³-hybridized carbons (Fsp3) is 1.00. The highest BCUT2D eigenvalue weighted by Gasteiger charge is 1.94. The molecule has 1 nitrogen and oxygen atoms in total. The van der Waals surface area contributed by atoms with Gasteiger partial charge in [-0.25, -0.2) is 0 Å². The molecule has 10 heavy (non-hydrogen) atoms. The minimum atomic E-state index is 0. The van der Waals surface area contributed by atoms with Gasteiger partial charge in [-0.1, -0.05) is 35.1 Å². The molecule has 0 bridgehead atoms. The summed E-state index contributed by atoms with van der Waals surface area (Å²) >= 11 is 0. The largest absolute Gasteiger partial charge is 0.320 e. The van der Waals surface area contributed by atoms with Gasteiger partial charge in [0.15, 0.2) is 0 Å². The molecule has 0 saturated carbocycles. The van der Waals surface area contributed by atoms with Crippen LogP contribution in [0.5, 0.6) is 0 Å². The van der Waals surface area contributed by atoms with Crippen LogP contribution in [0.15, 0.2) is 0 Å². The lowest BCUT2D eigenvalue weighted by Gasteiger charge is -2.05. The Kier molecular flexibility index (Phi) is 19.3. The first kappa shape index (κ1) is 16.5. The highest BCUT2D eigenvalue weighted by molar-refractivity contribution is 4.50. The number of rotatable bonds is 4. The molecule has 0 fully saturated rings. The molecule has 1 heteroatoms. The standard InChI is InChI=1S/C7H17N.2CH4/c1-4-7(2)5-6-8-3;;/h7-8H,4-6H2,1-3H3;2*1H4. The van der Waals surface area contributed by atoms with Crippen molar-refractivity contribution in [1.82, 2.24) is 5.32 Å². The smallest absolute Gasteiger partial charge is 0.00494 e. The lowest BCUT2D eigenvalue weighted by Crippen LogP contribution is -2.10. The van der Waals surface area contributed by atoms with E-state index in [1.165, 1.54) is 12.8 Å². The Morgan fingerprint density at radius 1 is 1.30 bits per heavy atom. The third-order valence-electron chi connectivity index (χ3n) is 1.58. The van der Waals surface area contributed by atoms with E-state index in [1.54, 1.807) is 0 Å². The summed E-state index contributed by atoms with van der Waals surface area (Å²) in [6.45, 7) is 5.69. The summed E-state index contributed by atoms with van der Waals surface area (Å²) in [5, 5.41) is 3.13. The molecule has 1 atom stereocenters. The van der Waals surface area contributed by atoms with E-state index < -0.39 is 0 Å². The van der Waals surface area contributed by atoms with Gasteiger partial charge in [0.2, 0.25) is 0 Å². The molecule has 0 aliphatic heterocycles. The number of hydrogen-bond acceptors (Lipinski definition) is 1. The van der Waals surface area contributed by atoms with Crippen molar-refractivity contribution in [3.05, 3.63) is 0 Å². The molecule has 66 valence electrons. The molecule has 0 aromatic heterocycles. The molecule has 0 aromatic rings. The summed E-state index contributed by atoms with van der Waals surface area (Å²) in [5.41, 5.74) is 0. The summed E-state index contributed by atoms with van der Waals surface area (Å²) in [5.74, 6) is 0.891. The minimum Gasteiger partial charge on any atom is -0.320 e. The molecule has 0 rings (SSSR count). The zero-order valence-electron chi connectivity index (χ0n) is 6.20. The molecule has 0 heterocycles. The Balaban J connectivity index is -0.000000245. The quantitative estimate of drug-likeness (QED) is 0.644. The fourth-order valence-corrected chi connectivity index (χ4v) is 0.595. The molecular weight excluding hydrogens is 122 g/mol. The molecule has 0 amide bonds. The molecule has 0 aromatic carbocycles. The van der Waals surface area contributed by atoms with Crippen molar-refractivity contribution in [2.24, 2.45) is 5.92 Å². The summed E-state index contributed by atoms with van der Waals surface area (Å²) in [6, 6.07) is 0. The van der Waals surface area contributed by atoms with Crippen molar-refractivity contribution in [2.75, 3.05) is 13.6 Å². The van der Waals surface area contributed by atoms with Gasteiger partial charge in [0.1, 0.15) is 0 Å². The Morgan fingerprint density at radius 3 is 2.10 bits per heavy atom. The second kappa shape index (κ2) is 11.7. The average molecular weight is 147 g/mol. The highest BCUT2D eigenvalue weighted by Crippen LogP contribution is 2.03. The average Bonchev–Trinajstić information content (AvgIpc) is 1.83. The highest BCUT2D eigenvalue weighted by atomic mass is 14.8. The third kappa shape index (κ3) is 10.9. The van der Waals surface area contributed by atoms with Gasteiger partial charge in [-0.3, -0.25) is 0 Å². The maximum Gasteiger partial charge on any atom is -0.00494 e. The zero-order chi connectivity index (χ0) is 6.41. The lowest BCUT2D eigenvalue weighted by atomic mass is 10.1. The molecule has 0 radical (unpaired) electrons. The molecule has 0 aliphatic rings. The molecular formula is C9H25N. The van der Waals surface area contributed by atoms with Gasteiger partial charge in [0.25, 0.3) is 0 Å². The van der Waals surface area contributed by atoms with Crippen molar-refractivity contribution in [2.45, 2.75) is 41.5 Å². The van der Waals surface area contributed by atoms with Crippen molar-refractivity contribution in [1.29, 1.82) is 0 Å². The van der Waals surface area contributed by atoms with Crippen LogP contribution in [0.4, 0.5) is 0 Å². The van der Waals surface area contributed by atoms with Crippen LogP contribution in [0.3, 0.4) is 0 Å². The third-order valence-corrected chi connectivity index (χ3v) is 1.58. The topological polar surface area (TPSA) is 12.0 Å². The molecule has 0 aliphatic carbocycles. The molecule has 0 spiro atoms. The van der Waals surface area contributed by atoms with E-state index in [9.17, 15) is 0 Å². The first-order chi connectivity index (χ1) is 3.81. The van der Waals surface area contributed by atoms with E-state index in [4.69, 9.17) is 0 Å². The van der Waals surface area contributed by atoms with Gasteiger partial charge in [-0.15, -0.1) is 0 Å². The number of nitrogens with one attached hydrogen (secondary N) is 1. The first-order valence-corrected chi connectivity index (χ1v) is 3.45. The zero-order valence-corrected chi connectivity index (χ0v) is 6.20. The van der Waals surface area contributed by atoms with Gasteiger partial charge in [-0.05, 0) is 25.9 Å². The van der Waals surface area contributed by atoms with Crippen molar-refractivity contribution < 1.29 is 0 Å². The van der Waals surface area contributed by atoms with Gasteiger partial charge in [-0.2, -0.15) is 0 Å². The summed E-state index contributed by atoms with van der Waals surface area (Å²) in [4.78, 5) is 0. The Morgan fingerprint density at radius 2 is 1.80 bits per heavy atom. The van der Waals surface area contributed by atoms with Crippen LogP contribution in [0.25, 0.3) is 0 Å². The summed E-state index contributed by atoms with van der Waals surface area (Å²) in [6.07, 6.45) is 2.62. The van der Waals surface area contributed by atoms with Crippen molar-refractivity contribution >= 4 is 0 Å². The fourth-order valence-electron chi connectivity index (χ4n) is 0.595. The van der Waals surface area contributed by atoms with E-state index >= 15 is 0 Å². The predicted octanol–water partition coefficient (Wildman–Crippen LogP) is 2.91. The van der Waals surface area contributed by atoms with Gasteiger partial charge < -0.3 is 5.32 Å². The van der Waals surface area contributed by atoms with Crippen LogP contribution < -0.4 is 5.32 Å². The van der Waals surface area contributed by atoms with E-state index in [0.717, 1.165) is 12.5 Å². The summed E-state index contributed by atoms with van der Waals surface area (Å²) in [7, 11) is 2.00. The van der Waals surface area contributed by atoms with Crippen LogP contribution in [-0.4, -0.2) is 13.6 Å². The predicted molar refractivity (Wildman–Crippen MR) is 51.5 cm³/mol. The second-order valence-electron chi connectivity index (χ2n) is 2.41. The SMILES string of the molecule is C.C.CCC(C)CCNC. The van der Waals surface area contributed by atoms with E-state index in [-0.39, 0.29) is 14.9 Å². The van der Waals surface area contributed by atoms with Crippen LogP contribution in [-0.2, 0) is 0 Å². The minimum absolute atomic E-state index is 0. The Hall–Kier alpha value is -0.0400. The van der Waals surface area contributed by atoms with Crippen molar-refractivity contribution in [3.8, 4) is 0 Å². The maximum atomic E-state index is 3.13. The van der Waals surface area contributed by atoms with Crippen LogP contribution in [0, 0.1) is 5.92 Å².